The van der Waals surface area contributed by atoms with E-state index in [9.17, 15) is 9.00 Å². The second-order valence-electron chi connectivity index (χ2n) is 1.68. The van der Waals surface area contributed by atoms with Crippen molar-refractivity contribution in [3.8, 4) is 0 Å². The molecular formula is C5H12N2O2S. The first-order valence-electron chi connectivity index (χ1n) is 2.97. The van der Waals surface area contributed by atoms with Crippen molar-refractivity contribution >= 4 is 16.9 Å². The molecule has 0 aliphatic rings. The van der Waals surface area contributed by atoms with Crippen LogP contribution in [0.4, 0.5) is 0 Å². The number of amides is 1. The molecule has 0 bridgehead atoms. The average Bonchev–Trinajstić information content (AvgIpc) is 1.99. The summed E-state index contributed by atoms with van der Waals surface area (Å²) in [6.45, 7) is 0. The number of nitrogens with one attached hydrogen (secondary N) is 2. The Hall–Kier alpha value is -0.420. The highest BCUT2D eigenvalue weighted by atomic mass is 32.2. The Kier molecular flexibility index (Phi) is 5.15. The fourth-order valence-corrected chi connectivity index (χ4v) is 0.987. The maximum Gasteiger partial charge on any atom is 0.220 e. The predicted octanol–water partition coefficient (Wildman–Crippen LogP) is -0.994. The van der Waals surface area contributed by atoms with E-state index in [2.05, 4.69) is 10.0 Å². The highest BCUT2D eigenvalue weighted by Gasteiger charge is 2.00. The molecule has 0 heterocycles. The van der Waals surface area contributed by atoms with Crippen LogP contribution < -0.4 is 10.0 Å². The van der Waals surface area contributed by atoms with Crippen molar-refractivity contribution in [2.45, 2.75) is 6.42 Å². The number of carbonyl (C=O) groups excluding carboxylic acids is 1. The van der Waals surface area contributed by atoms with Gasteiger partial charge in [0.15, 0.2) is 0 Å². The van der Waals surface area contributed by atoms with E-state index >= 15 is 0 Å². The van der Waals surface area contributed by atoms with E-state index in [0.717, 1.165) is 0 Å². The van der Waals surface area contributed by atoms with Crippen molar-refractivity contribution in [1.29, 1.82) is 0 Å². The van der Waals surface area contributed by atoms with Crippen molar-refractivity contribution in [2.24, 2.45) is 0 Å². The third kappa shape index (κ3) is 4.46. The highest BCUT2D eigenvalue weighted by molar-refractivity contribution is 7.83. The van der Waals surface area contributed by atoms with Crippen LogP contribution in [-0.4, -0.2) is 30.0 Å². The Bertz CT molecular complexity index is 122. The molecule has 0 rings (SSSR count). The topological polar surface area (TPSA) is 58.2 Å². The lowest BCUT2D eigenvalue weighted by Gasteiger charge is -1.97. The van der Waals surface area contributed by atoms with Crippen molar-refractivity contribution in [3.63, 3.8) is 0 Å². The van der Waals surface area contributed by atoms with E-state index in [1.807, 2.05) is 0 Å². The minimum Gasteiger partial charge on any atom is -0.359 e. The summed E-state index contributed by atoms with van der Waals surface area (Å²) in [4.78, 5) is 10.6. The average molecular weight is 164 g/mol. The molecule has 0 aromatic carbocycles. The van der Waals surface area contributed by atoms with Gasteiger partial charge >= 0.3 is 0 Å². The largest absolute Gasteiger partial charge is 0.359 e. The van der Waals surface area contributed by atoms with E-state index in [-0.39, 0.29) is 5.91 Å². The summed E-state index contributed by atoms with van der Waals surface area (Å²) in [5, 5.41) is 2.44. The molecule has 2 N–H and O–H groups in total. The standard InChI is InChI=1S/C5H12N2O2S/c1-6-5(8)3-4-10(9)7-2/h7H,3-4H2,1-2H3,(H,6,8). The lowest BCUT2D eigenvalue weighted by molar-refractivity contribution is -0.120. The Balaban J connectivity index is 3.35. The zero-order valence-electron chi connectivity index (χ0n) is 6.14. The Morgan fingerprint density at radius 2 is 2.10 bits per heavy atom. The molecule has 0 radical (unpaired) electrons. The first-order chi connectivity index (χ1) is 4.70. The van der Waals surface area contributed by atoms with Gasteiger partial charge in [-0.2, -0.15) is 0 Å². The first-order valence-corrected chi connectivity index (χ1v) is 4.29. The van der Waals surface area contributed by atoms with Crippen LogP contribution >= 0.6 is 0 Å². The molecule has 0 spiro atoms. The molecular weight excluding hydrogens is 152 g/mol. The van der Waals surface area contributed by atoms with Gasteiger partial charge in [-0.1, -0.05) is 0 Å². The molecule has 0 saturated heterocycles. The molecule has 10 heavy (non-hydrogen) atoms. The summed E-state index contributed by atoms with van der Waals surface area (Å²) < 4.78 is 13.2. The van der Waals surface area contributed by atoms with Gasteiger partial charge in [-0.25, -0.2) is 8.93 Å². The predicted molar refractivity (Wildman–Crippen MR) is 40.8 cm³/mol. The number of hydrogen-bond donors (Lipinski definition) is 2. The summed E-state index contributed by atoms with van der Waals surface area (Å²) in [6, 6.07) is 0. The molecule has 0 fully saturated rings. The molecule has 5 heteroatoms. The van der Waals surface area contributed by atoms with Crippen molar-refractivity contribution in [1.82, 2.24) is 10.0 Å². The zero-order chi connectivity index (χ0) is 7.98. The summed E-state index contributed by atoms with van der Waals surface area (Å²) >= 11 is 0. The normalized spacial score (nSPS) is 12.6. The maximum absolute atomic E-state index is 10.7. The molecule has 1 atom stereocenters. The fraction of sp³-hybridized carbons (Fsp3) is 0.800. The quantitative estimate of drug-likeness (QED) is 0.560. The minimum absolute atomic E-state index is 0.0800. The molecule has 0 aromatic heterocycles. The van der Waals surface area contributed by atoms with Crippen molar-refractivity contribution in [2.75, 3.05) is 19.8 Å². The van der Waals surface area contributed by atoms with Crippen LogP contribution in [0.25, 0.3) is 0 Å². The van der Waals surface area contributed by atoms with Crippen LogP contribution in [0.2, 0.25) is 0 Å². The van der Waals surface area contributed by atoms with E-state index in [4.69, 9.17) is 0 Å². The maximum atomic E-state index is 10.7. The van der Waals surface area contributed by atoms with E-state index in [1.165, 1.54) is 0 Å². The summed E-state index contributed by atoms with van der Waals surface area (Å²) in [5.41, 5.74) is 0. The van der Waals surface area contributed by atoms with Gasteiger partial charge < -0.3 is 5.32 Å². The van der Waals surface area contributed by atoms with Crippen molar-refractivity contribution in [3.05, 3.63) is 0 Å². The molecule has 0 aromatic rings. The molecule has 60 valence electrons. The third-order valence-electron chi connectivity index (χ3n) is 1.02. The fourth-order valence-electron chi connectivity index (χ4n) is 0.412. The zero-order valence-corrected chi connectivity index (χ0v) is 6.96. The molecule has 1 amide bonds. The first kappa shape index (κ1) is 9.58. The molecule has 0 aliphatic carbocycles. The lowest BCUT2D eigenvalue weighted by atomic mass is 10.5. The molecule has 4 nitrogen and oxygen atoms in total. The summed E-state index contributed by atoms with van der Waals surface area (Å²) in [7, 11) is 2.10. The van der Waals surface area contributed by atoms with Gasteiger partial charge in [-0.15, -0.1) is 0 Å². The van der Waals surface area contributed by atoms with Gasteiger partial charge in [-0.3, -0.25) is 4.79 Å². The van der Waals surface area contributed by atoms with E-state index < -0.39 is 11.0 Å². The van der Waals surface area contributed by atoms with Gasteiger partial charge in [0.1, 0.15) is 0 Å². The van der Waals surface area contributed by atoms with Crippen LogP contribution in [0.3, 0.4) is 0 Å². The Labute approximate surface area is 63.0 Å². The van der Waals surface area contributed by atoms with Crippen LogP contribution in [0, 0.1) is 0 Å². The third-order valence-corrected chi connectivity index (χ3v) is 2.05. The van der Waals surface area contributed by atoms with Gasteiger partial charge in [-0.05, 0) is 7.05 Å². The van der Waals surface area contributed by atoms with Crippen LogP contribution in [0.1, 0.15) is 6.42 Å². The summed E-state index contributed by atoms with van der Waals surface area (Å²) in [6.07, 6.45) is 0.309. The number of rotatable bonds is 4. The highest BCUT2D eigenvalue weighted by Crippen LogP contribution is 1.81. The summed E-state index contributed by atoms with van der Waals surface area (Å²) in [5.74, 6) is 0.291. The van der Waals surface area contributed by atoms with Gasteiger partial charge in [0, 0.05) is 19.2 Å². The van der Waals surface area contributed by atoms with E-state index in [1.54, 1.807) is 14.1 Å². The molecule has 0 saturated carbocycles. The Morgan fingerprint density at radius 3 is 2.50 bits per heavy atom. The van der Waals surface area contributed by atoms with Crippen LogP contribution in [-0.2, 0) is 15.8 Å². The van der Waals surface area contributed by atoms with Crippen LogP contribution in [0.15, 0.2) is 0 Å². The lowest BCUT2D eigenvalue weighted by Crippen LogP contribution is -2.23. The molecule has 1 unspecified atom stereocenters. The van der Waals surface area contributed by atoms with Crippen LogP contribution in [0.5, 0.6) is 0 Å². The monoisotopic (exact) mass is 164 g/mol. The number of carbonyl (C=O) groups is 1. The number of hydrogen-bond acceptors (Lipinski definition) is 2. The molecule has 0 aliphatic heterocycles. The van der Waals surface area contributed by atoms with Gasteiger partial charge in [0.05, 0.1) is 11.0 Å². The smallest absolute Gasteiger partial charge is 0.220 e. The van der Waals surface area contributed by atoms with Gasteiger partial charge in [0.25, 0.3) is 0 Å². The Morgan fingerprint density at radius 1 is 1.50 bits per heavy atom. The van der Waals surface area contributed by atoms with E-state index in [0.29, 0.717) is 12.2 Å². The van der Waals surface area contributed by atoms with Gasteiger partial charge in [0.2, 0.25) is 5.91 Å². The second-order valence-corrected chi connectivity index (χ2v) is 3.18. The minimum atomic E-state index is -1.06. The van der Waals surface area contributed by atoms with Crippen molar-refractivity contribution < 1.29 is 9.00 Å². The second kappa shape index (κ2) is 5.37. The SMILES string of the molecule is CNC(=O)CCS(=O)NC.